The maximum Gasteiger partial charge on any atom is 0.277 e. The van der Waals surface area contributed by atoms with E-state index in [1.165, 1.54) is 36.6 Å². The largest absolute Gasteiger partial charge is 0.414 e. The van der Waals surface area contributed by atoms with Crippen LogP contribution in [0.2, 0.25) is 0 Å². The van der Waals surface area contributed by atoms with Crippen molar-refractivity contribution in [1.82, 2.24) is 25.0 Å². The molecule has 1 aromatic carbocycles. The highest BCUT2D eigenvalue weighted by molar-refractivity contribution is 7.99. The zero-order valence-electron chi connectivity index (χ0n) is 14.6. The van der Waals surface area contributed by atoms with Crippen molar-refractivity contribution in [1.29, 1.82) is 0 Å². The predicted octanol–water partition coefficient (Wildman–Crippen LogP) is 2.04. The van der Waals surface area contributed by atoms with Gasteiger partial charge in [-0.05, 0) is 37.1 Å². The molecule has 10 heteroatoms. The van der Waals surface area contributed by atoms with Gasteiger partial charge >= 0.3 is 0 Å². The molecule has 0 bridgehead atoms. The van der Waals surface area contributed by atoms with Gasteiger partial charge in [-0.15, -0.1) is 10.2 Å². The van der Waals surface area contributed by atoms with Crippen LogP contribution in [-0.4, -0.2) is 49.7 Å². The van der Waals surface area contributed by atoms with Crippen molar-refractivity contribution in [3.05, 3.63) is 42.8 Å². The lowest BCUT2D eigenvalue weighted by molar-refractivity contribution is -0.113. The minimum atomic E-state index is -0.120. The standard InChI is InChI=1S/C17H19N7O2S/c25-15(20-13-3-5-14(6-4-13)23-7-1-2-8-23)10-27-17-22-21-16(26-17)9-24-12-18-11-19-24/h3-6,11-12H,1-2,7-10H2,(H,20,25). The molecule has 3 heterocycles. The third-order valence-electron chi connectivity index (χ3n) is 4.16. The van der Waals surface area contributed by atoms with E-state index in [4.69, 9.17) is 4.42 Å². The Labute approximate surface area is 160 Å². The van der Waals surface area contributed by atoms with Crippen molar-refractivity contribution < 1.29 is 9.21 Å². The molecule has 0 unspecified atom stereocenters. The highest BCUT2D eigenvalue weighted by Gasteiger charge is 2.13. The first-order valence-electron chi connectivity index (χ1n) is 8.69. The molecule has 27 heavy (non-hydrogen) atoms. The second-order valence-corrected chi connectivity index (χ2v) is 7.06. The van der Waals surface area contributed by atoms with E-state index in [2.05, 4.69) is 30.5 Å². The third-order valence-corrected chi connectivity index (χ3v) is 4.98. The molecule has 3 aromatic rings. The Hall–Kier alpha value is -2.88. The van der Waals surface area contributed by atoms with Crippen LogP contribution >= 0.6 is 11.8 Å². The topological polar surface area (TPSA) is 102 Å². The van der Waals surface area contributed by atoms with Crippen molar-refractivity contribution in [2.24, 2.45) is 0 Å². The molecule has 1 fully saturated rings. The van der Waals surface area contributed by atoms with E-state index in [0.717, 1.165) is 18.8 Å². The summed E-state index contributed by atoms with van der Waals surface area (Å²) in [6, 6.07) is 7.95. The zero-order chi connectivity index (χ0) is 18.5. The van der Waals surface area contributed by atoms with Gasteiger partial charge in [0.1, 0.15) is 19.2 Å². The van der Waals surface area contributed by atoms with Crippen LogP contribution < -0.4 is 10.2 Å². The van der Waals surface area contributed by atoms with Gasteiger partial charge in [0.2, 0.25) is 11.8 Å². The summed E-state index contributed by atoms with van der Waals surface area (Å²) in [5.41, 5.74) is 1.98. The average molecular weight is 385 g/mol. The number of carbonyl (C=O) groups is 1. The maximum absolute atomic E-state index is 12.1. The molecule has 1 saturated heterocycles. The second-order valence-electron chi connectivity index (χ2n) is 6.13. The number of anilines is 2. The Kier molecular flexibility index (Phi) is 5.33. The van der Waals surface area contributed by atoms with Gasteiger partial charge in [0.15, 0.2) is 0 Å². The number of amides is 1. The fourth-order valence-corrected chi connectivity index (χ4v) is 3.45. The predicted molar refractivity (Wildman–Crippen MR) is 101 cm³/mol. The lowest BCUT2D eigenvalue weighted by atomic mass is 10.2. The number of aromatic nitrogens is 5. The van der Waals surface area contributed by atoms with Crippen molar-refractivity contribution in [2.75, 3.05) is 29.1 Å². The molecule has 2 aromatic heterocycles. The number of nitrogens with zero attached hydrogens (tertiary/aromatic N) is 6. The fraction of sp³-hybridized carbons (Fsp3) is 0.353. The molecule has 4 rings (SSSR count). The molecule has 0 saturated carbocycles. The van der Waals surface area contributed by atoms with E-state index in [0.29, 0.717) is 17.7 Å². The van der Waals surface area contributed by atoms with Crippen LogP contribution in [0.3, 0.4) is 0 Å². The molecule has 1 aliphatic heterocycles. The number of hydrogen-bond acceptors (Lipinski definition) is 8. The number of hydrogen-bond donors (Lipinski definition) is 1. The van der Waals surface area contributed by atoms with Crippen LogP contribution in [0.5, 0.6) is 0 Å². The van der Waals surface area contributed by atoms with E-state index in [-0.39, 0.29) is 11.7 Å². The molecule has 0 atom stereocenters. The SMILES string of the molecule is O=C(CSc1nnc(Cn2cncn2)o1)Nc1ccc(N2CCCC2)cc1. The van der Waals surface area contributed by atoms with Crippen molar-refractivity contribution >= 4 is 29.0 Å². The zero-order valence-corrected chi connectivity index (χ0v) is 15.4. The molecular formula is C17H19N7O2S. The Morgan fingerprint density at radius 1 is 1.19 bits per heavy atom. The van der Waals surface area contributed by atoms with E-state index in [1.54, 1.807) is 11.0 Å². The van der Waals surface area contributed by atoms with Gasteiger partial charge < -0.3 is 14.6 Å². The number of rotatable bonds is 7. The van der Waals surface area contributed by atoms with Crippen LogP contribution in [0, 0.1) is 0 Å². The maximum atomic E-state index is 12.1. The van der Waals surface area contributed by atoms with Gasteiger partial charge in [0, 0.05) is 24.5 Å². The summed E-state index contributed by atoms with van der Waals surface area (Å²) in [4.78, 5) is 18.3. The van der Waals surface area contributed by atoms with Gasteiger partial charge in [0.25, 0.3) is 5.22 Å². The monoisotopic (exact) mass is 385 g/mol. The Morgan fingerprint density at radius 2 is 2.00 bits per heavy atom. The molecule has 9 nitrogen and oxygen atoms in total. The summed E-state index contributed by atoms with van der Waals surface area (Å²) in [6.07, 6.45) is 5.49. The number of nitrogens with one attached hydrogen (secondary N) is 1. The second kappa shape index (κ2) is 8.21. The Balaban J connectivity index is 1.25. The van der Waals surface area contributed by atoms with E-state index in [1.807, 2.05) is 24.3 Å². The van der Waals surface area contributed by atoms with Crippen molar-refractivity contribution in [3.8, 4) is 0 Å². The highest BCUT2D eigenvalue weighted by Crippen LogP contribution is 2.22. The normalized spacial score (nSPS) is 13.9. The van der Waals surface area contributed by atoms with Gasteiger partial charge in [0.05, 0.1) is 5.75 Å². The van der Waals surface area contributed by atoms with E-state index < -0.39 is 0 Å². The van der Waals surface area contributed by atoms with Crippen LogP contribution in [0.4, 0.5) is 11.4 Å². The summed E-state index contributed by atoms with van der Waals surface area (Å²) in [5, 5.41) is 15.1. The molecule has 1 aliphatic rings. The summed E-state index contributed by atoms with van der Waals surface area (Å²) in [7, 11) is 0. The van der Waals surface area contributed by atoms with Gasteiger partial charge in [-0.3, -0.25) is 4.79 Å². The smallest absolute Gasteiger partial charge is 0.277 e. The quantitative estimate of drug-likeness (QED) is 0.617. The first-order chi connectivity index (χ1) is 13.3. The highest BCUT2D eigenvalue weighted by atomic mass is 32.2. The summed E-state index contributed by atoms with van der Waals surface area (Å²) in [5.74, 6) is 0.490. The molecule has 1 amide bonds. The summed E-state index contributed by atoms with van der Waals surface area (Å²) >= 11 is 1.20. The van der Waals surface area contributed by atoms with Crippen LogP contribution in [0.15, 0.2) is 46.6 Å². The van der Waals surface area contributed by atoms with Crippen molar-refractivity contribution in [3.63, 3.8) is 0 Å². The van der Waals surface area contributed by atoms with Gasteiger partial charge in [-0.2, -0.15) is 5.10 Å². The lowest BCUT2D eigenvalue weighted by Crippen LogP contribution is -2.18. The van der Waals surface area contributed by atoms with Crippen LogP contribution in [0.25, 0.3) is 0 Å². The molecule has 140 valence electrons. The Bertz CT molecular complexity index is 873. The van der Waals surface area contributed by atoms with Crippen LogP contribution in [-0.2, 0) is 11.3 Å². The first kappa shape index (κ1) is 17.5. The van der Waals surface area contributed by atoms with Gasteiger partial charge in [-0.1, -0.05) is 11.8 Å². The minimum absolute atomic E-state index is 0.120. The van der Waals surface area contributed by atoms with E-state index in [9.17, 15) is 4.79 Å². The summed E-state index contributed by atoms with van der Waals surface area (Å²) in [6.45, 7) is 2.56. The average Bonchev–Trinajstić information content (AvgIpc) is 3.44. The number of thioether (sulfide) groups is 1. The van der Waals surface area contributed by atoms with Gasteiger partial charge in [-0.25, -0.2) is 9.67 Å². The molecule has 0 spiro atoms. The molecular weight excluding hydrogens is 366 g/mol. The molecule has 0 aliphatic carbocycles. The minimum Gasteiger partial charge on any atom is -0.414 e. The summed E-state index contributed by atoms with van der Waals surface area (Å²) < 4.78 is 7.08. The molecule has 0 radical (unpaired) electrons. The number of carbonyl (C=O) groups excluding carboxylic acids is 1. The van der Waals surface area contributed by atoms with E-state index >= 15 is 0 Å². The Morgan fingerprint density at radius 3 is 2.74 bits per heavy atom. The van der Waals surface area contributed by atoms with Crippen LogP contribution in [0.1, 0.15) is 18.7 Å². The molecule has 1 N–H and O–H groups in total. The third kappa shape index (κ3) is 4.64. The van der Waals surface area contributed by atoms with Crippen molar-refractivity contribution in [2.45, 2.75) is 24.6 Å². The fourth-order valence-electron chi connectivity index (χ4n) is 2.87. The number of benzene rings is 1. The first-order valence-corrected chi connectivity index (χ1v) is 9.67. The lowest BCUT2D eigenvalue weighted by Gasteiger charge is -2.17.